The number of anilines is 1. The van der Waals surface area contributed by atoms with E-state index in [1.54, 1.807) is 12.1 Å². The summed E-state index contributed by atoms with van der Waals surface area (Å²) in [7, 11) is 0. The second-order valence-corrected chi connectivity index (χ2v) is 7.33. The Morgan fingerprint density at radius 1 is 1.00 bits per heavy atom. The highest BCUT2D eigenvalue weighted by atomic mass is 19.1. The van der Waals surface area contributed by atoms with Crippen molar-refractivity contribution in [1.29, 1.82) is 0 Å². The van der Waals surface area contributed by atoms with Gasteiger partial charge in [-0.3, -0.25) is 4.79 Å². The summed E-state index contributed by atoms with van der Waals surface area (Å²) in [4.78, 5) is 17.3. The first kappa shape index (κ1) is 18.2. The van der Waals surface area contributed by atoms with E-state index in [1.165, 1.54) is 12.1 Å². The van der Waals surface area contributed by atoms with E-state index in [2.05, 4.69) is 15.5 Å². The molecule has 4 aromatic rings. The topological polar surface area (TPSA) is 68.0 Å². The van der Waals surface area contributed by atoms with E-state index in [1.807, 2.05) is 54.6 Å². The number of halogens is 1. The summed E-state index contributed by atoms with van der Waals surface area (Å²) in [6, 6.07) is 23.3. The standard InChI is InChI=1S/C24H18FN3O2/c25-17-10-6-9-16(13-17)19-14-20(19)23(29)26-21-12-5-4-11-18(21)24-27-22(28-30-24)15-7-2-1-3-8-15/h1-13,19-20H,14H2,(H,26,29). The van der Waals surface area contributed by atoms with Crippen molar-refractivity contribution >= 4 is 11.6 Å². The molecule has 1 fully saturated rings. The Kier molecular flexibility index (Phi) is 4.59. The molecule has 1 N–H and O–H groups in total. The van der Waals surface area contributed by atoms with Gasteiger partial charge in [-0.1, -0.05) is 59.8 Å². The zero-order valence-corrected chi connectivity index (χ0v) is 16.0. The van der Waals surface area contributed by atoms with Crippen LogP contribution in [0.25, 0.3) is 22.8 Å². The quantitative estimate of drug-likeness (QED) is 0.495. The van der Waals surface area contributed by atoms with Gasteiger partial charge in [-0.25, -0.2) is 4.39 Å². The molecule has 1 aromatic heterocycles. The van der Waals surface area contributed by atoms with Crippen LogP contribution < -0.4 is 5.32 Å². The maximum absolute atomic E-state index is 13.5. The largest absolute Gasteiger partial charge is 0.334 e. The van der Waals surface area contributed by atoms with E-state index in [0.29, 0.717) is 29.4 Å². The molecule has 0 radical (unpaired) electrons. The third kappa shape index (κ3) is 3.59. The molecule has 2 atom stereocenters. The third-order valence-corrected chi connectivity index (χ3v) is 5.28. The van der Waals surface area contributed by atoms with E-state index in [9.17, 15) is 9.18 Å². The van der Waals surface area contributed by atoms with E-state index < -0.39 is 0 Å². The van der Waals surface area contributed by atoms with Crippen molar-refractivity contribution in [1.82, 2.24) is 10.1 Å². The fourth-order valence-corrected chi connectivity index (χ4v) is 3.63. The highest BCUT2D eigenvalue weighted by Crippen LogP contribution is 2.48. The summed E-state index contributed by atoms with van der Waals surface area (Å²) in [6.45, 7) is 0. The number of aromatic nitrogens is 2. The summed E-state index contributed by atoms with van der Waals surface area (Å²) in [5.41, 5.74) is 2.97. The number of amides is 1. The summed E-state index contributed by atoms with van der Waals surface area (Å²) in [5.74, 6) is 0.305. The van der Waals surface area contributed by atoms with Crippen molar-refractivity contribution in [3.05, 3.63) is 90.2 Å². The molecule has 1 heterocycles. The molecule has 3 aromatic carbocycles. The molecular weight excluding hydrogens is 381 g/mol. The van der Waals surface area contributed by atoms with Crippen LogP contribution in [0.15, 0.2) is 83.4 Å². The zero-order valence-electron chi connectivity index (χ0n) is 16.0. The summed E-state index contributed by atoms with van der Waals surface area (Å²) >= 11 is 0. The Labute approximate surface area is 172 Å². The number of carbonyl (C=O) groups is 1. The predicted octanol–water partition coefficient (Wildman–Crippen LogP) is 5.28. The van der Waals surface area contributed by atoms with Crippen molar-refractivity contribution in [2.45, 2.75) is 12.3 Å². The van der Waals surface area contributed by atoms with Crippen molar-refractivity contribution in [3.63, 3.8) is 0 Å². The van der Waals surface area contributed by atoms with Crippen LogP contribution in [-0.2, 0) is 4.79 Å². The average Bonchev–Trinajstić information content (AvgIpc) is 3.44. The SMILES string of the molecule is O=C(Nc1ccccc1-c1nc(-c2ccccc2)no1)C1CC1c1cccc(F)c1. The highest BCUT2D eigenvalue weighted by molar-refractivity contribution is 5.98. The Bertz CT molecular complexity index is 1210. The lowest BCUT2D eigenvalue weighted by atomic mass is 10.1. The Balaban J connectivity index is 1.35. The van der Waals surface area contributed by atoms with Crippen LogP contribution in [0, 0.1) is 11.7 Å². The summed E-state index contributed by atoms with van der Waals surface area (Å²) in [6.07, 6.45) is 0.705. The second kappa shape index (κ2) is 7.55. The number of hydrogen-bond acceptors (Lipinski definition) is 4. The number of benzene rings is 3. The van der Waals surface area contributed by atoms with Crippen molar-refractivity contribution in [2.24, 2.45) is 5.92 Å². The molecular formula is C24H18FN3O2. The molecule has 6 heteroatoms. The maximum Gasteiger partial charge on any atom is 0.260 e. The second-order valence-electron chi connectivity index (χ2n) is 7.33. The number of carbonyl (C=O) groups excluding carboxylic acids is 1. The molecule has 5 nitrogen and oxygen atoms in total. The highest BCUT2D eigenvalue weighted by Gasteiger charge is 2.44. The van der Waals surface area contributed by atoms with Crippen LogP contribution in [0.4, 0.5) is 10.1 Å². The van der Waals surface area contributed by atoms with Crippen LogP contribution in [-0.4, -0.2) is 16.0 Å². The van der Waals surface area contributed by atoms with E-state index in [-0.39, 0.29) is 23.6 Å². The van der Waals surface area contributed by atoms with Gasteiger partial charge in [0, 0.05) is 11.5 Å². The Morgan fingerprint density at radius 3 is 2.63 bits per heavy atom. The number of hydrogen-bond donors (Lipinski definition) is 1. The van der Waals surface area contributed by atoms with Gasteiger partial charge in [0.15, 0.2) is 0 Å². The molecule has 2 unspecified atom stereocenters. The van der Waals surface area contributed by atoms with Gasteiger partial charge < -0.3 is 9.84 Å². The monoisotopic (exact) mass is 399 g/mol. The fourth-order valence-electron chi connectivity index (χ4n) is 3.63. The van der Waals surface area contributed by atoms with Crippen LogP contribution in [0.5, 0.6) is 0 Å². The fraction of sp³-hybridized carbons (Fsp3) is 0.125. The van der Waals surface area contributed by atoms with Gasteiger partial charge >= 0.3 is 0 Å². The maximum atomic E-state index is 13.5. The molecule has 0 saturated heterocycles. The zero-order chi connectivity index (χ0) is 20.5. The lowest BCUT2D eigenvalue weighted by molar-refractivity contribution is -0.117. The molecule has 1 amide bonds. The van der Waals surface area contributed by atoms with Gasteiger partial charge in [0.05, 0.1) is 11.3 Å². The first-order chi connectivity index (χ1) is 14.7. The van der Waals surface area contributed by atoms with Crippen molar-refractivity contribution in [3.8, 4) is 22.8 Å². The van der Waals surface area contributed by atoms with E-state index >= 15 is 0 Å². The molecule has 1 aliphatic rings. The lowest BCUT2D eigenvalue weighted by Crippen LogP contribution is -2.15. The van der Waals surface area contributed by atoms with Crippen LogP contribution in [0.3, 0.4) is 0 Å². The molecule has 0 bridgehead atoms. The molecule has 30 heavy (non-hydrogen) atoms. The first-order valence-corrected chi connectivity index (χ1v) is 9.74. The normalized spacial score (nSPS) is 17.5. The molecule has 0 spiro atoms. The van der Waals surface area contributed by atoms with Gasteiger partial charge in [0.25, 0.3) is 5.89 Å². The Hall–Kier alpha value is -3.80. The van der Waals surface area contributed by atoms with Gasteiger partial charge in [0.2, 0.25) is 11.7 Å². The molecule has 148 valence electrons. The van der Waals surface area contributed by atoms with Crippen molar-refractivity contribution in [2.75, 3.05) is 5.32 Å². The van der Waals surface area contributed by atoms with Crippen LogP contribution >= 0.6 is 0 Å². The summed E-state index contributed by atoms with van der Waals surface area (Å²) in [5, 5.41) is 7.03. The minimum atomic E-state index is -0.283. The molecule has 0 aliphatic heterocycles. The Morgan fingerprint density at radius 2 is 1.80 bits per heavy atom. The smallest absolute Gasteiger partial charge is 0.260 e. The summed E-state index contributed by atoms with van der Waals surface area (Å²) < 4.78 is 18.9. The van der Waals surface area contributed by atoms with Gasteiger partial charge in [-0.05, 0) is 42.2 Å². The molecule has 5 rings (SSSR count). The van der Waals surface area contributed by atoms with Gasteiger partial charge in [-0.2, -0.15) is 4.98 Å². The minimum absolute atomic E-state index is 0.0425. The molecule has 1 saturated carbocycles. The van der Waals surface area contributed by atoms with E-state index in [4.69, 9.17) is 4.52 Å². The van der Waals surface area contributed by atoms with Crippen LogP contribution in [0.2, 0.25) is 0 Å². The predicted molar refractivity (Wildman–Crippen MR) is 111 cm³/mol. The van der Waals surface area contributed by atoms with E-state index in [0.717, 1.165) is 11.1 Å². The number of nitrogens with one attached hydrogen (secondary N) is 1. The number of rotatable bonds is 5. The minimum Gasteiger partial charge on any atom is -0.334 e. The van der Waals surface area contributed by atoms with Gasteiger partial charge in [-0.15, -0.1) is 0 Å². The van der Waals surface area contributed by atoms with Crippen molar-refractivity contribution < 1.29 is 13.7 Å². The molecule has 1 aliphatic carbocycles. The third-order valence-electron chi connectivity index (χ3n) is 5.28. The average molecular weight is 399 g/mol. The van der Waals surface area contributed by atoms with Crippen LogP contribution in [0.1, 0.15) is 17.9 Å². The van der Waals surface area contributed by atoms with Gasteiger partial charge in [0.1, 0.15) is 5.82 Å². The lowest BCUT2D eigenvalue weighted by Gasteiger charge is -2.08. The number of nitrogens with zero attached hydrogens (tertiary/aromatic N) is 2. The first-order valence-electron chi connectivity index (χ1n) is 9.74. The number of para-hydroxylation sites is 1.